The van der Waals surface area contributed by atoms with Crippen molar-refractivity contribution >= 4 is 17.8 Å². The van der Waals surface area contributed by atoms with Crippen molar-refractivity contribution in [2.45, 2.75) is 6.54 Å². The monoisotopic (exact) mass is 392 g/mol. The zero-order valence-corrected chi connectivity index (χ0v) is 15.7. The van der Waals surface area contributed by atoms with Gasteiger partial charge in [0, 0.05) is 44.8 Å². The van der Waals surface area contributed by atoms with Gasteiger partial charge in [-0.2, -0.15) is 0 Å². The number of anilines is 1. The van der Waals surface area contributed by atoms with Gasteiger partial charge in [-0.15, -0.1) is 0 Å². The van der Waals surface area contributed by atoms with E-state index in [0.29, 0.717) is 50.0 Å². The van der Waals surface area contributed by atoms with Crippen LogP contribution in [-0.4, -0.2) is 62.7 Å². The standard InChI is InChI=1S/C20H20N6O3/c27-18(25-7-9-26(10-8-25)19(28)17-5-3-11-29-17)15-12-22-20(23-13-15)24-14-16-4-1-2-6-21-16/h1-6,11-13H,7-10,14H2,(H,22,23,24). The van der Waals surface area contributed by atoms with Crippen molar-refractivity contribution in [3.05, 3.63) is 72.2 Å². The number of carbonyl (C=O) groups excluding carboxylic acids is 2. The largest absolute Gasteiger partial charge is 0.459 e. The van der Waals surface area contributed by atoms with Crippen molar-refractivity contribution in [3.63, 3.8) is 0 Å². The fourth-order valence-electron chi connectivity index (χ4n) is 3.05. The number of nitrogens with one attached hydrogen (secondary N) is 1. The Labute approximate surface area is 167 Å². The maximum atomic E-state index is 12.7. The molecule has 0 radical (unpaired) electrons. The second-order valence-corrected chi connectivity index (χ2v) is 6.53. The highest BCUT2D eigenvalue weighted by Crippen LogP contribution is 2.12. The van der Waals surface area contributed by atoms with Gasteiger partial charge >= 0.3 is 0 Å². The minimum Gasteiger partial charge on any atom is -0.459 e. The Balaban J connectivity index is 1.30. The maximum absolute atomic E-state index is 12.7. The summed E-state index contributed by atoms with van der Waals surface area (Å²) in [5.74, 6) is 0.438. The molecule has 148 valence electrons. The molecule has 1 aliphatic heterocycles. The van der Waals surface area contributed by atoms with Crippen LogP contribution < -0.4 is 5.32 Å². The Morgan fingerprint density at radius 1 is 0.931 bits per heavy atom. The minimum atomic E-state index is -0.159. The van der Waals surface area contributed by atoms with Gasteiger partial charge in [0.2, 0.25) is 5.95 Å². The first kappa shape index (κ1) is 18.6. The number of carbonyl (C=O) groups is 2. The van der Waals surface area contributed by atoms with Crippen LogP contribution in [0.15, 0.2) is 59.6 Å². The summed E-state index contributed by atoms with van der Waals surface area (Å²) in [5.41, 5.74) is 1.29. The molecule has 4 rings (SSSR count). The van der Waals surface area contributed by atoms with E-state index in [1.165, 1.54) is 18.7 Å². The van der Waals surface area contributed by atoms with Gasteiger partial charge in [0.25, 0.3) is 11.8 Å². The molecule has 0 aromatic carbocycles. The number of piperazine rings is 1. The van der Waals surface area contributed by atoms with Crippen LogP contribution in [-0.2, 0) is 6.54 Å². The summed E-state index contributed by atoms with van der Waals surface area (Å²) >= 11 is 0. The first-order valence-electron chi connectivity index (χ1n) is 9.28. The van der Waals surface area contributed by atoms with E-state index in [9.17, 15) is 9.59 Å². The predicted octanol–water partition coefficient (Wildman–Crippen LogP) is 1.67. The fraction of sp³-hybridized carbons (Fsp3) is 0.250. The molecule has 0 saturated carbocycles. The number of furan rings is 1. The lowest BCUT2D eigenvalue weighted by molar-refractivity contribution is 0.0517. The summed E-state index contributed by atoms with van der Waals surface area (Å²) in [6.07, 6.45) is 6.22. The number of hydrogen-bond donors (Lipinski definition) is 1. The first-order valence-corrected chi connectivity index (χ1v) is 9.28. The van der Waals surface area contributed by atoms with E-state index in [1.54, 1.807) is 28.1 Å². The Bertz CT molecular complexity index is 952. The third kappa shape index (κ3) is 4.40. The normalized spacial score (nSPS) is 13.9. The van der Waals surface area contributed by atoms with Gasteiger partial charge in [-0.1, -0.05) is 6.07 Å². The number of aromatic nitrogens is 3. The van der Waals surface area contributed by atoms with E-state index < -0.39 is 0 Å². The summed E-state index contributed by atoms with van der Waals surface area (Å²) < 4.78 is 5.15. The second-order valence-electron chi connectivity index (χ2n) is 6.53. The van der Waals surface area contributed by atoms with E-state index in [0.717, 1.165) is 5.69 Å². The zero-order chi connectivity index (χ0) is 20.1. The van der Waals surface area contributed by atoms with Crippen LogP contribution in [0, 0.1) is 0 Å². The lowest BCUT2D eigenvalue weighted by atomic mass is 10.2. The van der Waals surface area contributed by atoms with Crippen LogP contribution in [0.4, 0.5) is 5.95 Å². The van der Waals surface area contributed by atoms with E-state index in [2.05, 4.69) is 20.3 Å². The highest BCUT2D eigenvalue weighted by atomic mass is 16.3. The Morgan fingerprint density at radius 3 is 2.28 bits per heavy atom. The average Bonchev–Trinajstić information content (AvgIpc) is 3.33. The van der Waals surface area contributed by atoms with Crippen LogP contribution in [0.2, 0.25) is 0 Å². The quantitative estimate of drug-likeness (QED) is 0.704. The molecule has 0 atom stereocenters. The van der Waals surface area contributed by atoms with Crippen LogP contribution in [0.5, 0.6) is 0 Å². The molecule has 1 aliphatic rings. The molecule has 9 nitrogen and oxygen atoms in total. The Kier molecular flexibility index (Phi) is 5.46. The highest BCUT2D eigenvalue weighted by Gasteiger charge is 2.26. The fourth-order valence-corrected chi connectivity index (χ4v) is 3.05. The first-order chi connectivity index (χ1) is 14.2. The molecule has 0 aliphatic carbocycles. The molecule has 0 unspecified atom stereocenters. The van der Waals surface area contributed by atoms with Gasteiger partial charge in [0.05, 0.1) is 24.1 Å². The van der Waals surface area contributed by atoms with E-state index in [1.807, 2.05) is 18.2 Å². The van der Waals surface area contributed by atoms with Gasteiger partial charge in [-0.25, -0.2) is 9.97 Å². The Hall–Kier alpha value is -3.75. The molecule has 1 N–H and O–H groups in total. The van der Waals surface area contributed by atoms with Crippen LogP contribution in [0.1, 0.15) is 26.6 Å². The van der Waals surface area contributed by atoms with E-state index in [4.69, 9.17) is 4.42 Å². The van der Waals surface area contributed by atoms with Crippen molar-refractivity contribution in [3.8, 4) is 0 Å². The molecule has 1 saturated heterocycles. The number of amides is 2. The summed E-state index contributed by atoms with van der Waals surface area (Å²) in [6.45, 7) is 2.31. The summed E-state index contributed by atoms with van der Waals surface area (Å²) in [7, 11) is 0. The molecule has 2 amide bonds. The molecule has 0 bridgehead atoms. The zero-order valence-electron chi connectivity index (χ0n) is 15.7. The van der Waals surface area contributed by atoms with Gasteiger partial charge in [0.1, 0.15) is 0 Å². The van der Waals surface area contributed by atoms with Crippen molar-refractivity contribution in [1.29, 1.82) is 0 Å². The molecule has 9 heteroatoms. The summed E-state index contributed by atoms with van der Waals surface area (Å²) in [5, 5.41) is 3.08. The molecular weight excluding hydrogens is 372 g/mol. The molecule has 3 aromatic heterocycles. The van der Waals surface area contributed by atoms with Gasteiger partial charge in [-0.05, 0) is 24.3 Å². The third-order valence-electron chi connectivity index (χ3n) is 4.64. The number of pyridine rings is 1. The molecule has 29 heavy (non-hydrogen) atoms. The topological polar surface area (TPSA) is 104 Å². The van der Waals surface area contributed by atoms with Crippen LogP contribution in [0.25, 0.3) is 0 Å². The van der Waals surface area contributed by atoms with Crippen molar-refractivity contribution in [2.75, 3.05) is 31.5 Å². The molecule has 1 fully saturated rings. The lowest BCUT2D eigenvalue weighted by Crippen LogP contribution is -2.50. The van der Waals surface area contributed by atoms with E-state index >= 15 is 0 Å². The molecule has 3 aromatic rings. The van der Waals surface area contributed by atoms with Gasteiger partial charge in [0.15, 0.2) is 5.76 Å². The van der Waals surface area contributed by atoms with Crippen molar-refractivity contribution in [2.24, 2.45) is 0 Å². The van der Waals surface area contributed by atoms with Crippen molar-refractivity contribution in [1.82, 2.24) is 24.8 Å². The van der Waals surface area contributed by atoms with Gasteiger partial charge < -0.3 is 19.5 Å². The minimum absolute atomic E-state index is 0.147. The molecule has 0 spiro atoms. The second kappa shape index (κ2) is 8.51. The number of hydrogen-bond acceptors (Lipinski definition) is 7. The molecular formula is C20H20N6O3. The third-order valence-corrected chi connectivity index (χ3v) is 4.64. The Morgan fingerprint density at radius 2 is 1.66 bits per heavy atom. The van der Waals surface area contributed by atoms with Crippen LogP contribution >= 0.6 is 0 Å². The maximum Gasteiger partial charge on any atom is 0.289 e. The smallest absolute Gasteiger partial charge is 0.289 e. The lowest BCUT2D eigenvalue weighted by Gasteiger charge is -2.34. The predicted molar refractivity (Wildman–Crippen MR) is 104 cm³/mol. The van der Waals surface area contributed by atoms with Crippen molar-refractivity contribution < 1.29 is 14.0 Å². The van der Waals surface area contributed by atoms with E-state index in [-0.39, 0.29) is 11.8 Å². The average molecular weight is 392 g/mol. The summed E-state index contributed by atoms with van der Waals surface area (Å²) in [4.78, 5) is 41.0. The van der Waals surface area contributed by atoms with Gasteiger partial charge in [-0.3, -0.25) is 14.6 Å². The SMILES string of the molecule is O=C(c1cnc(NCc2ccccn2)nc1)N1CCN(C(=O)c2ccco2)CC1. The number of nitrogens with zero attached hydrogens (tertiary/aromatic N) is 5. The number of rotatable bonds is 5. The van der Waals surface area contributed by atoms with Crippen LogP contribution in [0.3, 0.4) is 0 Å². The summed E-state index contributed by atoms with van der Waals surface area (Å²) in [6, 6.07) is 8.99. The highest BCUT2D eigenvalue weighted by molar-refractivity contribution is 5.94. The molecule has 4 heterocycles.